The molecule has 5 nitrogen and oxygen atoms in total. The van der Waals surface area contributed by atoms with Crippen LogP contribution in [-0.2, 0) is 6.54 Å². The first kappa shape index (κ1) is 17.3. The largest absolute Gasteiger partial charge is 0.365 e. The van der Waals surface area contributed by atoms with Crippen LogP contribution in [0.4, 0.5) is 5.82 Å². The summed E-state index contributed by atoms with van der Waals surface area (Å²) in [5.74, 6) is 1.39. The van der Waals surface area contributed by atoms with Crippen LogP contribution >= 0.6 is 34.5 Å². The zero-order valence-electron chi connectivity index (χ0n) is 14.1. The van der Waals surface area contributed by atoms with Gasteiger partial charge in [0.15, 0.2) is 0 Å². The zero-order chi connectivity index (χ0) is 18.3. The van der Waals surface area contributed by atoms with E-state index in [1.165, 1.54) is 10.4 Å². The molecule has 4 aromatic rings. The van der Waals surface area contributed by atoms with E-state index >= 15 is 0 Å². The Balaban J connectivity index is 1.75. The first-order valence-electron chi connectivity index (χ1n) is 7.97. The van der Waals surface area contributed by atoms with Gasteiger partial charge in [-0.2, -0.15) is 4.98 Å². The van der Waals surface area contributed by atoms with E-state index in [0.717, 1.165) is 21.6 Å². The van der Waals surface area contributed by atoms with Gasteiger partial charge in [0.1, 0.15) is 17.0 Å². The van der Waals surface area contributed by atoms with Crippen molar-refractivity contribution in [2.45, 2.75) is 20.4 Å². The van der Waals surface area contributed by atoms with Crippen LogP contribution in [0.3, 0.4) is 0 Å². The van der Waals surface area contributed by atoms with E-state index in [2.05, 4.69) is 24.1 Å². The molecule has 1 aromatic carbocycles. The second-order valence-electron chi connectivity index (χ2n) is 5.91. The first-order chi connectivity index (χ1) is 12.5. The molecule has 0 bridgehead atoms. The Bertz CT molecular complexity index is 1090. The number of halogens is 2. The number of rotatable bonds is 4. The number of benzene rings is 1. The molecule has 0 saturated heterocycles. The van der Waals surface area contributed by atoms with Gasteiger partial charge in [0.25, 0.3) is 0 Å². The third-order valence-corrected chi connectivity index (χ3v) is 6.04. The molecule has 0 aliphatic rings. The maximum Gasteiger partial charge on any atom is 0.238 e. The fraction of sp³-hybridized carbons (Fsp3) is 0.167. The van der Waals surface area contributed by atoms with Gasteiger partial charge in [0, 0.05) is 23.8 Å². The van der Waals surface area contributed by atoms with Crippen molar-refractivity contribution in [2.75, 3.05) is 5.32 Å². The summed E-state index contributed by atoms with van der Waals surface area (Å²) in [5, 5.41) is 5.57. The minimum absolute atomic E-state index is 0.542. The van der Waals surface area contributed by atoms with Gasteiger partial charge >= 0.3 is 0 Å². The minimum Gasteiger partial charge on any atom is -0.365 e. The third-order valence-electron chi connectivity index (χ3n) is 4.20. The van der Waals surface area contributed by atoms with Crippen LogP contribution < -0.4 is 5.32 Å². The smallest absolute Gasteiger partial charge is 0.238 e. The van der Waals surface area contributed by atoms with Crippen LogP contribution in [0.5, 0.6) is 0 Å². The van der Waals surface area contributed by atoms with Gasteiger partial charge in [-0.25, -0.2) is 9.97 Å². The quantitative estimate of drug-likeness (QED) is 0.494. The molecule has 4 rings (SSSR count). The maximum atomic E-state index is 6.12. The molecule has 0 aliphatic carbocycles. The topological polar surface area (TPSA) is 55.6 Å². The van der Waals surface area contributed by atoms with Gasteiger partial charge in [-0.1, -0.05) is 29.3 Å². The Morgan fingerprint density at radius 2 is 2.00 bits per heavy atom. The number of nitrogens with zero attached hydrogens (tertiary/aromatic N) is 4. The van der Waals surface area contributed by atoms with Gasteiger partial charge in [-0.3, -0.25) is 4.57 Å². The molecule has 0 aliphatic heterocycles. The molecule has 0 spiro atoms. The number of anilines is 1. The van der Waals surface area contributed by atoms with Crippen molar-refractivity contribution in [3.8, 4) is 5.95 Å². The van der Waals surface area contributed by atoms with Crippen LogP contribution in [0, 0.1) is 13.8 Å². The summed E-state index contributed by atoms with van der Waals surface area (Å²) in [7, 11) is 0. The molecule has 0 unspecified atom stereocenters. The lowest BCUT2D eigenvalue weighted by molar-refractivity contribution is 0.938. The zero-order valence-corrected chi connectivity index (χ0v) is 16.5. The highest BCUT2D eigenvalue weighted by atomic mass is 35.5. The minimum atomic E-state index is 0.542. The first-order valence-corrected chi connectivity index (χ1v) is 9.54. The van der Waals surface area contributed by atoms with E-state index in [1.807, 2.05) is 18.3 Å². The lowest BCUT2D eigenvalue weighted by Crippen LogP contribution is -2.06. The summed E-state index contributed by atoms with van der Waals surface area (Å²) in [6.07, 6.45) is 5.23. The van der Waals surface area contributed by atoms with Crippen LogP contribution in [0.1, 0.15) is 16.0 Å². The Labute approximate surface area is 164 Å². The van der Waals surface area contributed by atoms with Crippen molar-refractivity contribution in [3.05, 3.63) is 63.0 Å². The van der Waals surface area contributed by atoms with Gasteiger partial charge in [-0.15, -0.1) is 11.3 Å². The number of thiophene rings is 1. The third kappa shape index (κ3) is 3.16. The van der Waals surface area contributed by atoms with E-state index in [1.54, 1.807) is 34.5 Å². The number of fused-ring (bicyclic) bond motifs is 1. The van der Waals surface area contributed by atoms with Crippen molar-refractivity contribution in [1.29, 1.82) is 0 Å². The summed E-state index contributed by atoms with van der Waals surface area (Å²) in [5.41, 5.74) is 2.22. The number of aromatic nitrogens is 4. The number of nitrogens with one attached hydrogen (secondary N) is 1. The van der Waals surface area contributed by atoms with Crippen molar-refractivity contribution < 1.29 is 0 Å². The van der Waals surface area contributed by atoms with Crippen molar-refractivity contribution in [1.82, 2.24) is 19.5 Å². The van der Waals surface area contributed by atoms with E-state index in [-0.39, 0.29) is 0 Å². The van der Waals surface area contributed by atoms with Crippen molar-refractivity contribution in [2.24, 2.45) is 0 Å². The highest BCUT2D eigenvalue weighted by Crippen LogP contribution is 2.34. The van der Waals surface area contributed by atoms with Crippen LogP contribution in [-0.4, -0.2) is 19.5 Å². The molecule has 8 heteroatoms. The molecule has 3 aromatic heterocycles. The van der Waals surface area contributed by atoms with Crippen molar-refractivity contribution >= 4 is 50.6 Å². The highest BCUT2D eigenvalue weighted by Gasteiger charge is 2.15. The second kappa shape index (κ2) is 6.87. The molecule has 132 valence electrons. The highest BCUT2D eigenvalue weighted by molar-refractivity contribution is 7.18. The average Bonchev–Trinajstić information content (AvgIpc) is 3.25. The molecule has 3 heterocycles. The predicted molar refractivity (Wildman–Crippen MR) is 108 cm³/mol. The predicted octanol–water partition coefficient (Wildman–Crippen LogP) is 5.41. The average molecular weight is 404 g/mol. The van der Waals surface area contributed by atoms with E-state index in [0.29, 0.717) is 22.5 Å². The molecule has 0 radical (unpaired) electrons. The van der Waals surface area contributed by atoms with Crippen LogP contribution in [0.2, 0.25) is 10.0 Å². The summed E-state index contributed by atoms with van der Waals surface area (Å²) < 4.78 is 1.80. The number of imidazole rings is 1. The maximum absolute atomic E-state index is 6.12. The Morgan fingerprint density at radius 3 is 2.73 bits per heavy atom. The van der Waals surface area contributed by atoms with Gasteiger partial charge < -0.3 is 5.32 Å². The number of hydrogen-bond donors (Lipinski definition) is 1. The molecule has 0 saturated carbocycles. The SMILES string of the molecule is Cc1sc2nc(-n3ccnc3)nc(NCc3ccc(Cl)c(Cl)c3)c2c1C. The Hall–Kier alpha value is -2.15. The lowest BCUT2D eigenvalue weighted by atomic mass is 10.2. The summed E-state index contributed by atoms with van der Waals surface area (Å²) >= 11 is 13.8. The van der Waals surface area contributed by atoms with Crippen molar-refractivity contribution in [3.63, 3.8) is 0 Å². The van der Waals surface area contributed by atoms with Crippen LogP contribution in [0.25, 0.3) is 16.2 Å². The van der Waals surface area contributed by atoms with Crippen LogP contribution in [0.15, 0.2) is 36.9 Å². The van der Waals surface area contributed by atoms with E-state index < -0.39 is 0 Å². The monoisotopic (exact) mass is 403 g/mol. The summed E-state index contributed by atoms with van der Waals surface area (Å²) in [4.78, 5) is 15.7. The normalized spacial score (nSPS) is 11.2. The number of hydrogen-bond acceptors (Lipinski definition) is 5. The summed E-state index contributed by atoms with van der Waals surface area (Å²) in [6.45, 7) is 4.78. The Kier molecular flexibility index (Phi) is 4.56. The fourth-order valence-electron chi connectivity index (χ4n) is 2.69. The molecule has 0 fully saturated rings. The molecule has 0 amide bonds. The number of aryl methyl sites for hydroxylation is 2. The fourth-order valence-corrected chi connectivity index (χ4v) is 4.04. The summed E-state index contributed by atoms with van der Waals surface area (Å²) in [6, 6.07) is 5.60. The standard InChI is InChI=1S/C18H15Cl2N5S/c1-10-11(2)26-17-15(10)16(23-18(24-17)25-6-5-21-9-25)22-8-12-3-4-13(19)14(20)7-12/h3-7,9H,8H2,1-2H3,(H,22,23,24). The molecule has 1 N–H and O–H groups in total. The lowest BCUT2D eigenvalue weighted by Gasteiger charge is -2.10. The van der Waals surface area contributed by atoms with Gasteiger partial charge in [0.05, 0.1) is 15.4 Å². The molecular formula is C18H15Cl2N5S. The molecule has 0 atom stereocenters. The van der Waals surface area contributed by atoms with Gasteiger partial charge in [0.2, 0.25) is 5.95 Å². The van der Waals surface area contributed by atoms with E-state index in [9.17, 15) is 0 Å². The molecular weight excluding hydrogens is 389 g/mol. The molecule has 26 heavy (non-hydrogen) atoms. The van der Waals surface area contributed by atoms with E-state index in [4.69, 9.17) is 33.2 Å². The Morgan fingerprint density at radius 1 is 1.15 bits per heavy atom. The second-order valence-corrected chi connectivity index (χ2v) is 7.93. The van der Waals surface area contributed by atoms with Gasteiger partial charge in [-0.05, 0) is 37.1 Å².